The quantitative estimate of drug-likeness (QED) is 0.789. The number of rotatable bonds is 3. The molecule has 0 fully saturated rings. The lowest BCUT2D eigenvalue weighted by Crippen LogP contribution is -2.00. The summed E-state index contributed by atoms with van der Waals surface area (Å²) in [5, 5.41) is 10.4. The Kier molecular flexibility index (Phi) is 2.92. The summed E-state index contributed by atoms with van der Waals surface area (Å²) in [6, 6.07) is 7.37. The van der Waals surface area contributed by atoms with Crippen molar-refractivity contribution in [1.82, 2.24) is 9.97 Å². The molecule has 1 N–H and O–H groups in total. The molecule has 0 aliphatic heterocycles. The maximum absolute atomic E-state index is 11.3. The molecular weight excluding hydrogens is 264 g/mol. The Labute approximate surface area is 112 Å². The molecule has 5 nitrogen and oxygen atoms in total. The highest BCUT2D eigenvalue weighted by atomic mass is 32.2. The Hall–Kier alpha value is -2.34. The van der Waals surface area contributed by atoms with Gasteiger partial charge in [0.25, 0.3) is 5.22 Å². The third-order valence-corrected chi connectivity index (χ3v) is 3.58. The van der Waals surface area contributed by atoms with Crippen molar-refractivity contribution in [1.29, 1.82) is 0 Å². The summed E-state index contributed by atoms with van der Waals surface area (Å²) in [4.78, 5) is 20.0. The van der Waals surface area contributed by atoms with Gasteiger partial charge in [-0.05, 0) is 17.8 Å². The second-order valence-corrected chi connectivity index (χ2v) is 4.68. The van der Waals surface area contributed by atoms with Crippen LogP contribution in [0.4, 0.5) is 0 Å². The lowest BCUT2D eigenvalue weighted by atomic mass is 10.1. The zero-order valence-corrected chi connectivity index (χ0v) is 10.4. The number of nitrogens with zero attached hydrogens (tertiary/aromatic N) is 2. The van der Waals surface area contributed by atoms with Gasteiger partial charge in [0.2, 0.25) is 0 Å². The molecule has 6 heteroatoms. The molecule has 0 saturated carbocycles. The van der Waals surface area contributed by atoms with Crippen LogP contribution < -0.4 is 0 Å². The minimum absolute atomic E-state index is 0.141. The molecule has 1 aromatic carbocycles. The molecule has 3 rings (SSSR count). The Bertz CT molecular complexity index is 741. The summed E-state index contributed by atoms with van der Waals surface area (Å²) in [5.74, 6) is -1.02. The summed E-state index contributed by atoms with van der Waals surface area (Å²) in [6.45, 7) is 0. The second kappa shape index (κ2) is 4.74. The average molecular weight is 272 g/mol. The Morgan fingerprint density at radius 1 is 1.26 bits per heavy atom. The van der Waals surface area contributed by atoms with Gasteiger partial charge >= 0.3 is 5.97 Å². The van der Waals surface area contributed by atoms with Gasteiger partial charge in [0, 0.05) is 16.5 Å². The zero-order chi connectivity index (χ0) is 13.2. The topological polar surface area (TPSA) is 76.2 Å². The average Bonchev–Trinajstić information content (AvgIpc) is 2.92. The minimum atomic E-state index is -1.02. The molecule has 2 aromatic heterocycles. The van der Waals surface area contributed by atoms with Crippen LogP contribution in [0.2, 0.25) is 0 Å². The van der Waals surface area contributed by atoms with Crippen LogP contribution in [-0.2, 0) is 0 Å². The highest BCUT2D eigenvalue weighted by Gasteiger charge is 2.17. The molecule has 0 aliphatic carbocycles. The van der Waals surface area contributed by atoms with Gasteiger partial charge in [-0.3, -0.25) is 4.98 Å². The Morgan fingerprint density at radius 2 is 2.11 bits per heavy atom. The van der Waals surface area contributed by atoms with Gasteiger partial charge in [-0.25, -0.2) is 9.78 Å². The maximum Gasteiger partial charge on any atom is 0.338 e. The predicted molar refractivity (Wildman–Crippen MR) is 69.3 cm³/mol. The van der Waals surface area contributed by atoms with Gasteiger partial charge in [0.05, 0.1) is 17.3 Å². The molecule has 0 atom stereocenters. The van der Waals surface area contributed by atoms with Crippen molar-refractivity contribution in [2.75, 3.05) is 0 Å². The molecule has 0 bridgehead atoms. The number of carboxylic acid groups (broad SMARTS) is 1. The molecular formula is C13H8N2O3S. The number of aromatic carboxylic acids is 1. The summed E-state index contributed by atoms with van der Waals surface area (Å²) >= 11 is 1.18. The number of benzene rings is 1. The Morgan fingerprint density at radius 3 is 2.84 bits per heavy atom. The first-order chi connectivity index (χ1) is 9.25. The van der Waals surface area contributed by atoms with Crippen LogP contribution >= 0.6 is 11.8 Å². The van der Waals surface area contributed by atoms with E-state index in [4.69, 9.17) is 4.42 Å². The molecule has 0 radical (unpaired) electrons. The van der Waals surface area contributed by atoms with E-state index in [2.05, 4.69) is 9.97 Å². The van der Waals surface area contributed by atoms with Crippen LogP contribution in [0.15, 0.2) is 57.5 Å². The number of oxazole rings is 1. The monoisotopic (exact) mass is 272 g/mol. The smallest absolute Gasteiger partial charge is 0.338 e. The van der Waals surface area contributed by atoms with Crippen molar-refractivity contribution < 1.29 is 14.3 Å². The van der Waals surface area contributed by atoms with Crippen LogP contribution in [0.1, 0.15) is 10.4 Å². The molecule has 0 unspecified atom stereocenters. The van der Waals surface area contributed by atoms with Crippen molar-refractivity contribution in [2.45, 2.75) is 10.1 Å². The van der Waals surface area contributed by atoms with Crippen molar-refractivity contribution in [3.8, 4) is 0 Å². The van der Waals surface area contributed by atoms with E-state index in [1.54, 1.807) is 0 Å². The molecule has 0 aliphatic rings. The highest BCUT2D eigenvalue weighted by molar-refractivity contribution is 7.99. The van der Waals surface area contributed by atoms with E-state index < -0.39 is 5.97 Å². The van der Waals surface area contributed by atoms with E-state index >= 15 is 0 Å². The zero-order valence-electron chi connectivity index (χ0n) is 9.61. The highest BCUT2D eigenvalue weighted by Crippen LogP contribution is 2.34. The van der Waals surface area contributed by atoms with Crippen LogP contribution in [0.3, 0.4) is 0 Å². The third-order valence-electron chi connectivity index (χ3n) is 2.56. The van der Waals surface area contributed by atoms with Crippen LogP contribution in [0, 0.1) is 0 Å². The van der Waals surface area contributed by atoms with Gasteiger partial charge in [-0.1, -0.05) is 18.2 Å². The number of para-hydroxylation sites is 1. The first-order valence-electron chi connectivity index (χ1n) is 5.44. The summed E-state index contributed by atoms with van der Waals surface area (Å²) in [6.07, 6.45) is 4.33. The molecule has 94 valence electrons. The lowest BCUT2D eigenvalue weighted by Gasteiger charge is -2.07. The predicted octanol–water partition coefficient (Wildman–Crippen LogP) is 3.07. The van der Waals surface area contributed by atoms with Crippen molar-refractivity contribution in [3.05, 3.63) is 48.5 Å². The second-order valence-electron chi connectivity index (χ2n) is 3.72. The molecule has 19 heavy (non-hydrogen) atoms. The standard InChI is InChI=1S/C13H8N2O3S/c16-12(17)9-7-15-10-4-2-1-3-8(10)11(9)19-13-14-5-6-18-13/h1-7H,(H,16,17). The number of aromatic nitrogens is 2. The fourth-order valence-corrected chi connectivity index (χ4v) is 2.65. The number of carbonyl (C=O) groups is 1. The number of pyridine rings is 1. The number of fused-ring (bicyclic) bond motifs is 1. The largest absolute Gasteiger partial charge is 0.478 e. The van der Waals surface area contributed by atoms with Crippen molar-refractivity contribution >= 4 is 28.6 Å². The lowest BCUT2D eigenvalue weighted by molar-refractivity contribution is 0.0693. The molecule has 3 aromatic rings. The van der Waals surface area contributed by atoms with E-state index in [0.29, 0.717) is 10.1 Å². The minimum Gasteiger partial charge on any atom is -0.478 e. The number of carboxylic acids is 1. The van der Waals surface area contributed by atoms with Gasteiger partial charge in [0.1, 0.15) is 6.26 Å². The van der Waals surface area contributed by atoms with Crippen LogP contribution in [0.5, 0.6) is 0 Å². The third kappa shape index (κ3) is 2.17. The fraction of sp³-hybridized carbons (Fsp3) is 0. The first kappa shape index (κ1) is 11.7. The fourth-order valence-electron chi connectivity index (χ4n) is 1.73. The first-order valence-corrected chi connectivity index (χ1v) is 6.26. The van der Waals surface area contributed by atoms with Crippen LogP contribution in [-0.4, -0.2) is 21.0 Å². The molecule has 0 spiro atoms. The van der Waals surface area contributed by atoms with E-state index in [9.17, 15) is 9.90 Å². The summed E-state index contributed by atoms with van der Waals surface area (Å²) < 4.78 is 5.16. The number of hydrogen-bond acceptors (Lipinski definition) is 5. The van der Waals surface area contributed by atoms with Crippen molar-refractivity contribution in [3.63, 3.8) is 0 Å². The SMILES string of the molecule is O=C(O)c1cnc2ccccc2c1Sc1ncco1. The molecule has 0 saturated heterocycles. The van der Waals surface area contributed by atoms with Crippen LogP contribution in [0.25, 0.3) is 10.9 Å². The summed E-state index contributed by atoms with van der Waals surface area (Å²) in [7, 11) is 0. The summed E-state index contributed by atoms with van der Waals surface area (Å²) in [5.41, 5.74) is 0.878. The van der Waals surface area contributed by atoms with Gasteiger partial charge in [-0.2, -0.15) is 0 Å². The van der Waals surface area contributed by atoms with Gasteiger partial charge in [-0.15, -0.1) is 0 Å². The van der Waals surface area contributed by atoms with Gasteiger partial charge in [0.15, 0.2) is 0 Å². The maximum atomic E-state index is 11.3. The van der Waals surface area contributed by atoms with E-state index in [1.807, 2.05) is 24.3 Å². The van der Waals surface area contributed by atoms with E-state index in [0.717, 1.165) is 10.9 Å². The van der Waals surface area contributed by atoms with E-state index in [-0.39, 0.29) is 5.56 Å². The molecule has 0 amide bonds. The molecule has 2 heterocycles. The van der Waals surface area contributed by atoms with Gasteiger partial charge < -0.3 is 9.52 Å². The van der Waals surface area contributed by atoms with Crippen molar-refractivity contribution in [2.24, 2.45) is 0 Å². The van der Waals surface area contributed by atoms with E-state index in [1.165, 1.54) is 30.4 Å². The number of hydrogen-bond donors (Lipinski definition) is 1. The Balaban J connectivity index is 2.22. The normalized spacial score (nSPS) is 10.7.